The van der Waals surface area contributed by atoms with Crippen molar-refractivity contribution >= 4 is 45.8 Å². The van der Waals surface area contributed by atoms with E-state index in [2.05, 4.69) is 16.4 Å². The average molecular weight is 310 g/mol. The zero-order chi connectivity index (χ0) is 13.8. The number of nitriles is 1. The molecule has 3 nitrogen and oxygen atoms in total. The van der Waals surface area contributed by atoms with Gasteiger partial charge in [-0.2, -0.15) is 5.26 Å². The number of aromatic nitrogens is 1. The maximum atomic E-state index is 9.13. The fraction of sp³-hybridized carbons (Fsp3) is 0.0769. The number of hydrogen-bond donors (Lipinski definition) is 1. The highest BCUT2D eigenvalue weighted by molar-refractivity contribution is 7.10. The van der Waals surface area contributed by atoms with Crippen molar-refractivity contribution < 1.29 is 0 Å². The van der Waals surface area contributed by atoms with Gasteiger partial charge >= 0.3 is 0 Å². The van der Waals surface area contributed by atoms with Gasteiger partial charge in [0.25, 0.3) is 0 Å². The molecule has 19 heavy (non-hydrogen) atoms. The lowest BCUT2D eigenvalue weighted by atomic mass is 10.3. The summed E-state index contributed by atoms with van der Waals surface area (Å²) in [6.07, 6.45) is 1.61. The van der Waals surface area contributed by atoms with Crippen LogP contribution in [-0.4, -0.2) is 4.98 Å². The predicted octanol–water partition coefficient (Wildman–Crippen LogP) is 4.73. The second-order valence-electron chi connectivity index (χ2n) is 3.74. The van der Waals surface area contributed by atoms with Crippen molar-refractivity contribution in [1.29, 1.82) is 5.26 Å². The van der Waals surface area contributed by atoms with Crippen molar-refractivity contribution in [3.63, 3.8) is 0 Å². The van der Waals surface area contributed by atoms with Crippen molar-refractivity contribution in [2.24, 2.45) is 0 Å². The maximum Gasteiger partial charge on any atom is 0.135 e. The summed E-state index contributed by atoms with van der Waals surface area (Å²) in [5.41, 5.74) is 2.13. The molecule has 0 saturated heterocycles. The van der Waals surface area contributed by atoms with Gasteiger partial charge < -0.3 is 5.32 Å². The monoisotopic (exact) mass is 309 g/mol. The highest BCUT2D eigenvalue weighted by atomic mass is 35.5. The third-order valence-corrected chi connectivity index (χ3v) is 4.01. The van der Waals surface area contributed by atoms with Gasteiger partial charge in [-0.15, -0.1) is 11.3 Å². The zero-order valence-electron chi connectivity index (χ0n) is 9.95. The van der Waals surface area contributed by atoms with Gasteiger partial charge in [0.15, 0.2) is 0 Å². The number of thiazole rings is 1. The minimum absolute atomic E-state index is 0.462. The van der Waals surface area contributed by atoms with Gasteiger partial charge in [-0.25, -0.2) is 4.98 Å². The van der Waals surface area contributed by atoms with E-state index in [-0.39, 0.29) is 0 Å². The third kappa shape index (κ3) is 3.48. The molecule has 0 radical (unpaired) electrons. The molecule has 0 aliphatic heterocycles. The van der Waals surface area contributed by atoms with Crippen molar-refractivity contribution in [3.05, 3.63) is 50.5 Å². The number of nitrogens with one attached hydrogen (secondary N) is 1. The first-order valence-corrected chi connectivity index (χ1v) is 6.98. The molecule has 0 aliphatic rings. The maximum absolute atomic E-state index is 9.13. The molecule has 0 atom stereocenters. The van der Waals surface area contributed by atoms with Crippen LogP contribution in [0, 0.1) is 18.3 Å². The lowest BCUT2D eigenvalue weighted by Gasteiger charge is -2.03. The third-order valence-electron chi connectivity index (χ3n) is 2.27. The van der Waals surface area contributed by atoms with Gasteiger partial charge in [-0.1, -0.05) is 23.2 Å². The van der Waals surface area contributed by atoms with E-state index < -0.39 is 0 Å². The van der Waals surface area contributed by atoms with Crippen LogP contribution in [-0.2, 0) is 0 Å². The standard InChI is InChI=1S/C13H9Cl2N3S/c1-8-7-19-13(18-8)9(5-16)6-17-10-2-3-11(14)12(15)4-10/h2-4,6-7,17H,1H3/b9-6+. The number of benzene rings is 1. The molecule has 0 saturated carbocycles. The highest BCUT2D eigenvalue weighted by Crippen LogP contribution is 2.25. The van der Waals surface area contributed by atoms with Crippen molar-refractivity contribution in [2.75, 3.05) is 5.32 Å². The van der Waals surface area contributed by atoms with Crippen LogP contribution in [0.3, 0.4) is 0 Å². The van der Waals surface area contributed by atoms with E-state index in [0.717, 1.165) is 11.4 Å². The van der Waals surface area contributed by atoms with Crippen LogP contribution < -0.4 is 5.32 Å². The second-order valence-corrected chi connectivity index (χ2v) is 5.41. The van der Waals surface area contributed by atoms with E-state index in [4.69, 9.17) is 28.5 Å². The van der Waals surface area contributed by atoms with E-state index in [0.29, 0.717) is 20.6 Å². The molecule has 1 aromatic heterocycles. The van der Waals surface area contributed by atoms with E-state index in [1.54, 1.807) is 24.4 Å². The van der Waals surface area contributed by atoms with Gasteiger partial charge in [0, 0.05) is 23.0 Å². The summed E-state index contributed by atoms with van der Waals surface area (Å²) in [6, 6.07) is 7.29. The molecule has 0 spiro atoms. The predicted molar refractivity (Wildman–Crippen MR) is 80.5 cm³/mol. The fourth-order valence-corrected chi connectivity index (χ4v) is 2.42. The van der Waals surface area contributed by atoms with Crippen molar-refractivity contribution in [1.82, 2.24) is 4.98 Å². The number of allylic oxidation sites excluding steroid dienone is 1. The molecule has 0 unspecified atom stereocenters. The van der Waals surface area contributed by atoms with Crippen molar-refractivity contribution in [3.8, 4) is 6.07 Å². The lowest BCUT2D eigenvalue weighted by molar-refractivity contribution is 1.24. The molecule has 0 bridgehead atoms. The van der Waals surface area contributed by atoms with Gasteiger partial charge in [0.2, 0.25) is 0 Å². The van der Waals surface area contributed by atoms with E-state index in [1.165, 1.54) is 11.3 Å². The first-order valence-electron chi connectivity index (χ1n) is 5.34. The minimum Gasteiger partial charge on any atom is -0.360 e. The molecule has 2 aromatic rings. The molecule has 0 fully saturated rings. The molecule has 2 rings (SSSR count). The van der Waals surface area contributed by atoms with Crippen LogP contribution in [0.15, 0.2) is 29.8 Å². The highest BCUT2D eigenvalue weighted by Gasteiger charge is 2.05. The van der Waals surface area contributed by atoms with Crippen molar-refractivity contribution in [2.45, 2.75) is 6.92 Å². The fourth-order valence-electron chi connectivity index (χ4n) is 1.36. The van der Waals surface area contributed by atoms with Gasteiger partial charge in [-0.05, 0) is 25.1 Å². The molecule has 1 N–H and O–H groups in total. The molecule has 96 valence electrons. The van der Waals surface area contributed by atoms with Crippen LogP contribution in [0.1, 0.15) is 10.7 Å². The van der Waals surface area contributed by atoms with Crippen LogP contribution >= 0.6 is 34.5 Å². The summed E-state index contributed by atoms with van der Waals surface area (Å²) in [5, 5.41) is 15.7. The van der Waals surface area contributed by atoms with Gasteiger partial charge in [-0.3, -0.25) is 0 Å². The quantitative estimate of drug-likeness (QED) is 0.833. The zero-order valence-corrected chi connectivity index (χ0v) is 12.3. The van der Waals surface area contributed by atoms with Crippen LogP contribution in [0.25, 0.3) is 5.57 Å². The minimum atomic E-state index is 0.462. The normalized spacial score (nSPS) is 11.2. The van der Waals surface area contributed by atoms with Crippen LogP contribution in [0.2, 0.25) is 10.0 Å². The molecule has 1 aromatic carbocycles. The molecule has 0 aliphatic carbocycles. The summed E-state index contributed by atoms with van der Waals surface area (Å²) in [6.45, 7) is 1.89. The SMILES string of the molecule is Cc1csc(/C(C#N)=C/Nc2ccc(Cl)c(Cl)c2)n1. The Kier molecular flexibility index (Phi) is 4.43. The summed E-state index contributed by atoms with van der Waals surface area (Å²) in [4.78, 5) is 4.27. The lowest BCUT2D eigenvalue weighted by Crippen LogP contribution is -1.91. The number of halogens is 2. The van der Waals surface area contributed by atoms with Crippen LogP contribution in [0.4, 0.5) is 5.69 Å². The molecule has 6 heteroatoms. The first kappa shape index (κ1) is 13.9. The number of anilines is 1. The van der Waals surface area contributed by atoms with Crippen LogP contribution in [0.5, 0.6) is 0 Å². The molecular formula is C13H9Cl2N3S. The summed E-state index contributed by atoms with van der Waals surface area (Å²) >= 11 is 13.2. The summed E-state index contributed by atoms with van der Waals surface area (Å²) in [7, 11) is 0. The van der Waals surface area contributed by atoms with E-state index in [1.807, 2.05) is 12.3 Å². The Morgan fingerprint density at radius 2 is 2.21 bits per heavy atom. The molecule has 1 heterocycles. The largest absolute Gasteiger partial charge is 0.360 e. The van der Waals surface area contributed by atoms with Gasteiger partial charge in [0.1, 0.15) is 16.6 Å². The number of hydrogen-bond acceptors (Lipinski definition) is 4. The Morgan fingerprint density at radius 3 is 2.79 bits per heavy atom. The topological polar surface area (TPSA) is 48.7 Å². The smallest absolute Gasteiger partial charge is 0.135 e. The number of nitrogens with zero attached hydrogens (tertiary/aromatic N) is 2. The van der Waals surface area contributed by atoms with E-state index in [9.17, 15) is 0 Å². The molecular weight excluding hydrogens is 301 g/mol. The van der Waals surface area contributed by atoms with Gasteiger partial charge in [0.05, 0.1) is 10.0 Å². The van der Waals surface area contributed by atoms with E-state index >= 15 is 0 Å². The Labute approximate surface area is 125 Å². The Bertz CT molecular complexity index is 671. The Morgan fingerprint density at radius 1 is 1.42 bits per heavy atom. The Hall–Kier alpha value is -1.54. The Balaban J connectivity index is 2.20. The summed E-state index contributed by atoms with van der Waals surface area (Å²) < 4.78 is 0. The number of aryl methyl sites for hydroxylation is 1. The number of rotatable bonds is 3. The first-order chi connectivity index (χ1) is 9.10. The second kappa shape index (κ2) is 6.07. The molecule has 0 amide bonds. The average Bonchev–Trinajstić information content (AvgIpc) is 2.81. The summed E-state index contributed by atoms with van der Waals surface area (Å²) in [5.74, 6) is 0.